The van der Waals surface area contributed by atoms with E-state index in [4.69, 9.17) is 0 Å². The highest BCUT2D eigenvalue weighted by Crippen LogP contribution is 2.12. The van der Waals surface area contributed by atoms with Gasteiger partial charge in [-0.2, -0.15) is 4.98 Å². The minimum atomic E-state index is -2.89. The SMILES string of the molecule is CCNc1ncc(C)c(NCCCS(C)(=O)=O)n1. The van der Waals surface area contributed by atoms with Crippen LogP contribution in [-0.2, 0) is 9.84 Å². The average molecular weight is 272 g/mol. The molecule has 0 spiro atoms. The first-order valence-electron chi connectivity index (χ1n) is 5.91. The Morgan fingerprint density at radius 1 is 1.33 bits per heavy atom. The minimum Gasteiger partial charge on any atom is -0.370 e. The lowest BCUT2D eigenvalue weighted by atomic mass is 10.3. The highest BCUT2D eigenvalue weighted by atomic mass is 32.2. The molecule has 0 amide bonds. The molecule has 0 aliphatic heterocycles. The standard InChI is InChI=1S/C11H20N4O2S/c1-4-12-11-14-8-9(2)10(15-11)13-6-5-7-18(3,16)17/h8H,4-7H2,1-3H3,(H2,12,13,14,15). The van der Waals surface area contributed by atoms with E-state index in [0.717, 1.165) is 17.9 Å². The van der Waals surface area contributed by atoms with Gasteiger partial charge in [-0.25, -0.2) is 13.4 Å². The van der Waals surface area contributed by atoms with Gasteiger partial charge in [-0.15, -0.1) is 0 Å². The lowest BCUT2D eigenvalue weighted by Crippen LogP contribution is -2.12. The number of hydrogen-bond acceptors (Lipinski definition) is 6. The fourth-order valence-electron chi connectivity index (χ4n) is 1.41. The normalized spacial score (nSPS) is 11.3. The molecule has 0 radical (unpaired) electrons. The summed E-state index contributed by atoms with van der Waals surface area (Å²) in [6.45, 7) is 5.23. The Bertz CT molecular complexity index is 488. The second kappa shape index (κ2) is 6.53. The summed E-state index contributed by atoms with van der Waals surface area (Å²) in [6.07, 6.45) is 3.55. The molecule has 1 aromatic rings. The molecule has 0 aromatic carbocycles. The Morgan fingerprint density at radius 2 is 2.06 bits per heavy atom. The predicted octanol–water partition coefficient (Wildman–Crippen LogP) is 1.06. The molecule has 0 fully saturated rings. The molecular weight excluding hydrogens is 252 g/mol. The van der Waals surface area contributed by atoms with Gasteiger partial charge in [-0.05, 0) is 20.3 Å². The molecule has 2 N–H and O–H groups in total. The second-order valence-corrected chi connectivity index (χ2v) is 6.43. The largest absolute Gasteiger partial charge is 0.370 e. The minimum absolute atomic E-state index is 0.185. The van der Waals surface area contributed by atoms with Crippen LogP contribution in [0, 0.1) is 6.92 Å². The first kappa shape index (κ1) is 14.7. The Kier molecular flexibility index (Phi) is 5.33. The molecule has 0 saturated carbocycles. The van der Waals surface area contributed by atoms with Crippen molar-refractivity contribution in [2.24, 2.45) is 0 Å². The number of anilines is 2. The van der Waals surface area contributed by atoms with Crippen molar-refractivity contribution in [2.45, 2.75) is 20.3 Å². The third-order valence-corrected chi connectivity index (χ3v) is 3.32. The molecule has 1 aromatic heterocycles. The van der Waals surface area contributed by atoms with Crippen molar-refractivity contribution in [3.63, 3.8) is 0 Å². The summed E-state index contributed by atoms with van der Waals surface area (Å²) < 4.78 is 22.0. The van der Waals surface area contributed by atoms with E-state index in [1.807, 2.05) is 13.8 Å². The average Bonchev–Trinajstić information content (AvgIpc) is 2.27. The predicted molar refractivity (Wildman–Crippen MR) is 73.8 cm³/mol. The van der Waals surface area contributed by atoms with Crippen molar-refractivity contribution in [1.29, 1.82) is 0 Å². The number of nitrogens with one attached hydrogen (secondary N) is 2. The summed E-state index contributed by atoms with van der Waals surface area (Å²) in [5.41, 5.74) is 0.941. The zero-order chi connectivity index (χ0) is 13.6. The number of aryl methyl sites for hydroxylation is 1. The molecule has 7 heteroatoms. The number of sulfone groups is 1. The van der Waals surface area contributed by atoms with Crippen LogP contribution >= 0.6 is 0 Å². The summed E-state index contributed by atoms with van der Waals surface area (Å²) in [5.74, 6) is 1.51. The monoisotopic (exact) mass is 272 g/mol. The summed E-state index contributed by atoms with van der Waals surface area (Å²) in [6, 6.07) is 0. The third kappa shape index (κ3) is 5.31. The molecule has 0 bridgehead atoms. The van der Waals surface area contributed by atoms with Crippen molar-refractivity contribution < 1.29 is 8.42 Å². The van der Waals surface area contributed by atoms with Gasteiger partial charge in [0.15, 0.2) is 0 Å². The smallest absolute Gasteiger partial charge is 0.224 e. The zero-order valence-electron chi connectivity index (χ0n) is 11.0. The van der Waals surface area contributed by atoms with Crippen molar-refractivity contribution in [3.05, 3.63) is 11.8 Å². The van der Waals surface area contributed by atoms with E-state index in [9.17, 15) is 8.42 Å². The Morgan fingerprint density at radius 3 is 2.67 bits per heavy atom. The fourth-order valence-corrected chi connectivity index (χ4v) is 2.07. The van der Waals surface area contributed by atoms with Crippen LogP contribution in [0.1, 0.15) is 18.9 Å². The molecule has 1 heterocycles. The van der Waals surface area contributed by atoms with Gasteiger partial charge in [0.25, 0.3) is 0 Å². The van der Waals surface area contributed by atoms with Crippen LogP contribution in [0.25, 0.3) is 0 Å². The Labute approximate surface area is 108 Å². The van der Waals surface area contributed by atoms with Gasteiger partial charge in [-0.3, -0.25) is 0 Å². The molecule has 102 valence electrons. The van der Waals surface area contributed by atoms with E-state index in [1.54, 1.807) is 6.20 Å². The van der Waals surface area contributed by atoms with Gasteiger partial charge in [0, 0.05) is 31.1 Å². The number of aromatic nitrogens is 2. The number of hydrogen-bond donors (Lipinski definition) is 2. The zero-order valence-corrected chi connectivity index (χ0v) is 11.8. The van der Waals surface area contributed by atoms with Crippen molar-refractivity contribution in [1.82, 2.24) is 9.97 Å². The van der Waals surface area contributed by atoms with E-state index in [2.05, 4.69) is 20.6 Å². The topological polar surface area (TPSA) is 84.0 Å². The first-order chi connectivity index (χ1) is 8.42. The van der Waals surface area contributed by atoms with E-state index in [0.29, 0.717) is 18.9 Å². The van der Waals surface area contributed by atoms with Gasteiger partial charge in [-0.1, -0.05) is 0 Å². The second-order valence-electron chi connectivity index (χ2n) is 4.17. The van der Waals surface area contributed by atoms with Crippen molar-refractivity contribution in [3.8, 4) is 0 Å². The van der Waals surface area contributed by atoms with Crippen LogP contribution in [0.2, 0.25) is 0 Å². The van der Waals surface area contributed by atoms with E-state index in [1.165, 1.54) is 6.26 Å². The van der Waals surface area contributed by atoms with Crippen LogP contribution in [-0.4, -0.2) is 43.5 Å². The lowest BCUT2D eigenvalue weighted by molar-refractivity contribution is 0.600. The maximum Gasteiger partial charge on any atom is 0.224 e. The molecule has 0 unspecified atom stereocenters. The van der Waals surface area contributed by atoms with Crippen LogP contribution in [0.5, 0.6) is 0 Å². The first-order valence-corrected chi connectivity index (χ1v) is 7.97. The van der Waals surface area contributed by atoms with Gasteiger partial charge < -0.3 is 10.6 Å². The number of rotatable bonds is 7. The van der Waals surface area contributed by atoms with Gasteiger partial charge in [0.05, 0.1) is 5.75 Å². The fraction of sp³-hybridized carbons (Fsp3) is 0.636. The molecule has 6 nitrogen and oxygen atoms in total. The molecular formula is C11H20N4O2S. The highest BCUT2D eigenvalue weighted by molar-refractivity contribution is 7.90. The molecule has 0 atom stereocenters. The summed E-state index contributed by atoms with van der Waals surface area (Å²) in [7, 11) is -2.89. The van der Waals surface area contributed by atoms with Crippen LogP contribution in [0.15, 0.2) is 6.20 Å². The molecule has 0 saturated heterocycles. The van der Waals surface area contributed by atoms with Gasteiger partial charge in [0.2, 0.25) is 5.95 Å². The van der Waals surface area contributed by atoms with E-state index >= 15 is 0 Å². The molecule has 1 rings (SSSR count). The maximum absolute atomic E-state index is 11.0. The highest BCUT2D eigenvalue weighted by Gasteiger charge is 2.04. The van der Waals surface area contributed by atoms with Gasteiger partial charge in [0.1, 0.15) is 15.7 Å². The molecule has 18 heavy (non-hydrogen) atoms. The lowest BCUT2D eigenvalue weighted by Gasteiger charge is -2.09. The van der Waals surface area contributed by atoms with Crippen LogP contribution in [0.3, 0.4) is 0 Å². The van der Waals surface area contributed by atoms with Gasteiger partial charge >= 0.3 is 0 Å². The summed E-state index contributed by atoms with van der Waals surface area (Å²) in [4.78, 5) is 8.45. The maximum atomic E-state index is 11.0. The Hall–Kier alpha value is -1.37. The van der Waals surface area contributed by atoms with Crippen molar-refractivity contribution >= 4 is 21.6 Å². The van der Waals surface area contributed by atoms with Crippen molar-refractivity contribution in [2.75, 3.05) is 35.7 Å². The van der Waals surface area contributed by atoms with E-state index in [-0.39, 0.29) is 5.75 Å². The van der Waals surface area contributed by atoms with Crippen LogP contribution in [0.4, 0.5) is 11.8 Å². The van der Waals surface area contributed by atoms with Crippen LogP contribution < -0.4 is 10.6 Å². The number of nitrogens with zero attached hydrogens (tertiary/aromatic N) is 2. The summed E-state index contributed by atoms with van der Waals surface area (Å²) >= 11 is 0. The molecule has 0 aliphatic carbocycles. The summed E-state index contributed by atoms with van der Waals surface area (Å²) in [5, 5.41) is 6.16. The molecule has 0 aliphatic rings. The Balaban J connectivity index is 2.53. The van der Waals surface area contributed by atoms with E-state index < -0.39 is 9.84 Å². The third-order valence-electron chi connectivity index (χ3n) is 2.29. The quantitative estimate of drug-likeness (QED) is 0.722.